The maximum Gasteiger partial charge on any atom is 0.338 e. The van der Waals surface area contributed by atoms with Crippen LogP contribution < -0.4 is 10.6 Å². The summed E-state index contributed by atoms with van der Waals surface area (Å²) in [5, 5.41) is 5.55. The molecule has 0 aliphatic carbocycles. The molecule has 0 bridgehead atoms. The van der Waals surface area contributed by atoms with E-state index in [1.807, 2.05) is 30.3 Å². The van der Waals surface area contributed by atoms with Crippen molar-refractivity contribution >= 4 is 23.5 Å². The van der Waals surface area contributed by atoms with Crippen molar-refractivity contribution in [2.24, 2.45) is 0 Å². The Morgan fingerprint density at radius 3 is 2.70 bits per heavy atom. The van der Waals surface area contributed by atoms with Crippen LogP contribution in [0.3, 0.4) is 0 Å². The van der Waals surface area contributed by atoms with Gasteiger partial charge in [0.05, 0.1) is 5.56 Å². The second-order valence-corrected chi connectivity index (χ2v) is 6.49. The maximum atomic E-state index is 12.3. The van der Waals surface area contributed by atoms with Gasteiger partial charge < -0.3 is 15.4 Å². The Bertz CT molecular complexity index is 849. The third-order valence-corrected chi connectivity index (χ3v) is 4.45. The van der Waals surface area contributed by atoms with E-state index in [1.165, 1.54) is 0 Å². The van der Waals surface area contributed by atoms with Crippen molar-refractivity contribution in [3.8, 4) is 0 Å². The number of nitrogens with one attached hydrogen (secondary N) is 2. The zero-order valence-electron chi connectivity index (χ0n) is 15.2. The minimum atomic E-state index is -0.885. The monoisotopic (exact) mass is 366 g/mol. The Labute approximate surface area is 157 Å². The average Bonchev–Trinajstić information content (AvgIpc) is 2.68. The maximum absolute atomic E-state index is 12.3. The molecular formula is C21H22N2O4. The summed E-state index contributed by atoms with van der Waals surface area (Å²) in [6.07, 6.45) is 0.803. The highest BCUT2D eigenvalue weighted by atomic mass is 16.5. The molecule has 6 heteroatoms. The molecule has 1 heterocycles. The fourth-order valence-electron chi connectivity index (χ4n) is 2.91. The van der Waals surface area contributed by atoms with E-state index in [2.05, 4.69) is 10.6 Å². The Morgan fingerprint density at radius 2 is 1.93 bits per heavy atom. The number of amides is 2. The Balaban J connectivity index is 1.51. The number of anilines is 1. The van der Waals surface area contributed by atoms with Crippen LogP contribution in [0.5, 0.6) is 0 Å². The molecule has 1 aliphatic heterocycles. The van der Waals surface area contributed by atoms with Crippen molar-refractivity contribution in [2.75, 3.05) is 11.9 Å². The summed E-state index contributed by atoms with van der Waals surface area (Å²) in [6, 6.07) is 14.8. The Hall–Kier alpha value is -3.15. The largest absolute Gasteiger partial charge is 0.449 e. The predicted molar refractivity (Wildman–Crippen MR) is 101 cm³/mol. The van der Waals surface area contributed by atoms with E-state index in [4.69, 9.17) is 4.74 Å². The van der Waals surface area contributed by atoms with E-state index in [9.17, 15) is 14.4 Å². The lowest BCUT2D eigenvalue weighted by molar-refractivity contribution is -0.129. The molecule has 1 atom stereocenters. The number of fused-ring (bicyclic) bond motifs is 1. The molecule has 0 fully saturated rings. The first-order chi connectivity index (χ1) is 13.0. The summed E-state index contributed by atoms with van der Waals surface area (Å²) in [4.78, 5) is 35.8. The quantitative estimate of drug-likeness (QED) is 0.769. The highest BCUT2D eigenvalue weighted by Gasteiger charge is 2.21. The molecule has 27 heavy (non-hydrogen) atoms. The van der Waals surface area contributed by atoms with Gasteiger partial charge in [0.1, 0.15) is 0 Å². The molecule has 140 valence electrons. The number of hydrogen-bond donors (Lipinski definition) is 2. The molecule has 0 radical (unpaired) electrons. The molecule has 2 aromatic carbocycles. The van der Waals surface area contributed by atoms with E-state index in [0.717, 1.165) is 16.8 Å². The van der Waals surface area contributed by atoms with Crippen molar-refractivity contribution in [3.05, 3.63) is 65.2 Å². The molecule has 6 nitrogen and oxygen atoms in total. The van der Waals surface area contributed by atoms with Gasteiger partial charge in [-0.2, -0.15) is 0 Å². The van der Waals surface area contributed by atoms with Crippen molar-refractivity contribution < 1.29 is 19.1 Å². The van der Waals surface area contributed by atoms with Crippen LogP contribution in [0.25, 0.3) is 0 Å². The standard InChI is InChI=1S/C21H22N2O4/c1-14(20(25)22-12-11-15-5-3-2-4-6-15)27-21(26)17-7-9-18-16(13-17)8-10-19(24)23-18/h2-7,9,13-14H,8,10-12H2,1H3,(H,22,25)(H,23,24). The lowest BCUT2D eigenvalue weighted by Crippen LogP contribution is -2.37. The van der Waals surface area contributed by atoms with E-state index >= 15 is 0 Å². The number of esters is 1. The molecule has 2 N–H and O–H groups in total. The third-order valence-electron chi connectivity index (χ3n) is 4.45. The van der Waals surface area contributed by atoms with Gasteiger partial charge in [-0.15, -0.1) is 0 Å². The number of ether oxygens (including phenoxy) is 1. The van der Waals surface area contributed by atoms with Gasteiger partial charge in [-0.1, -0.05) is 30.3 Å². The molecule has 2 aromatic rings. The van der Waals surface area contributed by atoms with Crippen molar-refractivity contribution in [3.63, 3.8) is 0 Å². The summed E-state index contributed by atoms with van der Waals surface area (Å²) in [6.45, 7) is 2.03. The van der Waals surface area contributed by atoms with Gasteiger partial charge in [-0.05, 0) is 49.1 Å². The second-order valence-electron chi connectivity index (χ2n) is 6.49. The van der Waals surface area contributed by atoms with E-state index in [-0.39, 0.29) is 11.8 Å². The minimum absolute atomic E-state index is 0.0291. The smallest absolute Gasteiger partial charge is 0.338 e. The van der Waals surface area contributed by atoms with E-state index in [0.29, 0.717) is 31.4 Å². The molecule has 0 saturated carbocycles. The van der Waals surface area contributed by atoms with Gasteiger partial charge in [-0.3, -0.25) is 9.59 Å². The first kappa shape index (κ1) is 18.6. The molecule has 3 rings (SSSR count). The van der Waals surface area contributed by atoms with E-state index in [1.54, 1.807) is 25.1 Å². The van der Waals surface area contributed by atoms with Crippen LogP contribution in [0.1, 0.15) is 34.8 Å². The van der Waals surface area contributed by atoms with Crippen LogP contribution in [0.4, 0.5) is 5.69 Å². The first-order valence-corrected chi connectivity index (χ1v) is 8.98. The molecule has 1 unspecified atom stereocenters. The predicted octanol–water partition coefficient (Wildman–Crippen LogP) is 2.48. The number of benzene rings is 2. The zero-order chi connectivity index (χ0) is 19.2. The SMILES string of the molecule is CC(OC(=O)c1ccc2c(c1)CCC(=O)N2)C(=O)NCCc1ccccc1. The molecular weight excluding hydrogens is 344 g/mol. The fraction of sp³-hybridized carbons (Fsp3) is 0.286. The second kappa shape index (κ2) is 8.49. The minimum Gasteiger partial charge on any atom is -0.449 e. The topological polar surface area (TPSA) is 84.5 Å². The lowest BCUT2D eigenvalue weighted by Gasteiger charge is -2.18. The van der Waals surface area contributed by atoms with Crippen LogP contribution in [-0.2, 0) is 27.2 Å². The molecule has 2 amide bonds. The number of rotatable bonds is 6. The van der Waals surface area contributed by atoms with Crippen molar-refractivity contribution in [1.82, 2.24) is 5.32 Å². The molecule has 1 aliphatic rings. The summed E-state index contributed by atoms with van der Waals surface area (Å²) < 4.78 is 5.27. The van der Waals surface area contributed by atoms with E-state index < -0.39 is 12.1 Å². The van der Waals surface area contributed by atoms with Gasteiger partial charge in [0.25, 0.3) is 5.91 Å². The Kier molecular flexibility index (Phi) is 5.86. The van der Waals surface area contributed by atoms with Crippen LogP contribution in [0.15, 0.2) is 48.5 Å². The van der Waals surface area contributed by atoms with Gasteiger partial charge in [0, 0.05) is 18.7 Å². The van der Waals surface area contributed by atoms with Crippen molar-refractivity contribution in [2.45, 2.75) is 32.3 Å². The van der Waals surface area contributed by atoms with Crippen LogP contribution in [0.2, 0.25) is 0 Å². The number of aryl methyl sites for hydroxylation is 1. The van der Waals surface area contributed by atoms with Crippen LogP contribution in [-0.4, -0.2) is 30.4 Å². The number of carbonyl (C=O) groups excluding carboxylic acids is 3. The van der Waals surface area contributed by atoms with Gasteiger partial charge in [0.2, 0.25) is 5.91 Å². The average molecular weight is 366 g/mol. The zero-order valence-corrected chi connectivity index (χ0v) is 15.2. The third kappa shape index (κ3) is 4.94. The number of carbonyl (C=O) groups is 3. The normalized spacial score (nSPS) is 13.9. The van der Waals surface area contributed by atoms with Crippen LogP contribution >= 0.6 is 0 Å². The summed E-state index contributed by atoms with van der Waals surface area (Å²) in [5.74, 6) is -0.913. The summed E-state index contributed by atoms with van der Waals surface area (Å²) in [5.41, 5.74) is 3.11. The first-order valence-electron chi connectivity index (χ1n) is 8.98. The molecule has 0 aromatic heterocycles. The van der Waals surface area contributed by atoms with Gasteiger partial charge in [-0.25, -0.2) is 4.79 Å². The van der Waals surface area contributed by atoms with Crippen molar-refractivity contribution in [1.29, 1.82) is 0 Å². The molecule has 0 saturated heterocycles. The lowest BCUT2D eigenvalue weighted by atomic mass is 10.0. The Morgan fingerprint density at radius 1 is 1.15 bits per heavy atom. The van der Waals surface area contributed by atoms with Gasteiger partial charge >= 0.3 is 5.97 Å². The number of hydrogen-bond acceptors (Lipinski definition) is 4. The fourth-order valence-corrected chi connectivity index (χ4v) is 2.91. The summed E-state index contributed by atoms with van der Waals surface area (Å²) >= 11 is 0. The van der Waals surface area contributed by atoms with Gasteiger partial charge in [0.15, 0.2) is 6.10 Å². The molecule has 0 spiro atoms. The highest BCUT2D eigenvalue weighted by molar-refractivity contribution is 5.96. The van der Waals surface area contributed by atoms with Crippen LogP contribution in [0, 0.1) is 0 Å². The summed E-state index contributed by atoms with van der Waals surface area (Å²) in [7, 11) is 0. The highest BCUT2D eigenvalue weighted by Crippen LogP contribution is 2.24.